The zero-order valence-corrected chi connectivity index (χ0v) is 14.9. The van der Waals surface area contributed by atoms with E-state index in [0.29, 0.717) is 12.1 Å². The highest BCUT2D eigenvalue weighted by Crippen LogP contribution is 2.38. The second-order valence-corrected chi connectivity index (χ2v) is 5.73. The lowest BCUT2D eigenvalue weighted by atomic mass is 10.0. The van der Waals surface area contributed by atoms with Gasteiger partial charge in [0.2, 0.25) is 0 Å². The Balaban J connectivity index is 2.58. The van der Waals surface area contributed by atoms with Crippen LogP contribution in [-0.2, 0) is 17.1 Å². The lowest BCUT2D eigenvalue weighted by molar-refractivity contribution is -0.143. The number of halogens is 6. The predicted molar refractivity (Wildman–Crippen MR) is 94.5 cm³/mol. The number of carbonyl (C=O) groups is 1. The largest absolute Gasteiger partial charge is 0.416 e. The summed E-state index contributed by atoms with van der Waals surface area (Å²) in [4.78, 5) is 15.3. The molecule has 7 nitrogen and oxygen atoms in total. The normalized spacial score (nSPS) is 13.8. The fourth-order valence-electron chi connectivity index (χ4n) is 2.30. The van der Waals surface area contributed by atoms with Crippen LogP contribution in [0, 0.1) is 0 Å². The van der Waals surface area contributed by atoms with Gasteiger partial charge in [-0.1, -0.05) is 0 Å². The van der Waals surface area contributed by atoms with E-state index < -0.39 is 40.8 Å². The molecule has 6 N–H and O–H groups in total. The third kappa shape index (κ3) is 5.18. The van der Waals surface area contributed by atoms with E-state index in [1.54, 1.807) is 0 Å². The SMILES string of the molecule is N\C=C/C(=C\N)C(=C/n1cnc(-c2cc(C(F)(F)F)cc(C(F)(F)F)c2)n1)/C(N)=O. The van der Waals surface area contributed by atoms with Gasteiger partial charge in [-0.3, -0.25) is 4.79 Å². The summed E-state index contributed by atoms with van der Waals surface area (Å²) in [6, 6.07) is 0.953. The van der Waals surface area contributed by atoms with Crippen molar-refractivity contribution in [2.24, 2.45) is 17.2 Å². The minimum Gasteiger partial charge on any atom is -0.405 e. The fourth-order valence-corrected chi connectivity index (χ4v) is 2.30. The summed E-state index contributed by atoms with van der Waals surface area (Å²) in [5, 5.41) is 3.79. The molecule has 0 aliphatic carbocycles. The number of primary amides is 1. The van der Waals surface area contributed by atoms with Crippen LogP contribution in [0.2, 0.25) is 0 Å². The molecule has 0 fully saturated rings. The van der Waals surface area contributed by atoms with Crippen LogP contribution in [0.15, 0.2) is 54.1 Å². The first-order valence-corrected chi connectivity index (χ1v) is 7.90. The monoisotopic (exact) mass is 432 g/mol. The third-order valence-electron chi connectivity index (χ3n) is 3.65. The zero-order chi connectivity index (χ0) is 22.7. The molecule has 0 radical (unpaired) electrons. The first-order valence-electron chi connectivity index (χ1n) is 7.90. The molecule has 0 bridgehead atoms. The summed E-state index contributed by atoms with van der Waals surface area (Å²) >= 11 is 0. The van der Waals surface area contributed by atoms with Crippen molar-refractivity contribution < 1.29 is 31.1 Å². The van der Waals surface area contributed by atoms with Gasteiger partial charge in [0, 0.05) is 23.5 Å². The highest BCUT2D eigenvalue weighted by molar-refractivity contribution is 6.00. The molecule has 0 aliphatic rings. The average Bonchev–Trinajstić information content (AvgIpc) is 3.11. The van der Waals surface area contributed by atoms with Crippen LogP contribution in [0.1, 0.15) is 11.1 Å². The van der Waals surface area contributed by atoms with Crippen molar-refractivity contribution in [2.75, 3.05) is 0 Å². The van der Waals surface area contributed by atoms with Crippen LogP contribution in [0.5, 0.6) is 0 Å². The number of nitrogens with zero attached hydrogens (tertiary/aromatic N) is 3. The van der Waals surface area contributed by atoms with Crippen LogP contribution >= 0.6 is 0 Å². The molecule has 0 spiro atoms. The Hall–Kier alpha value is -3.77. The number of hydrogen-bond donors (Lipinski definition) is 3. The van der Waals surface area contributed by atoms with Crippen molar-refractivity contribution in [3.05, 3.63) is 65.3 Å². The molecule has 0 saturated carbocycles. The lowest BCUT2D eigenvalue weighted by Crippen LogP contribution is -2.16. The molecule has 1 aromatic heterocycles. The Morgan fingerprint density at radius 3 is 2.00 bits per heavy atom. The molecule has 2 rings (SSSR count). The minimum atomic E-state index is -5.02. The third-order valence-corrected chi connectivity index (χ3v) is 3.65. The molecule has 0 unspecified atom stereocenters. The summed E-state index contributed by atoms with van der Waals surface area (Å²) < 4.78 is 78.9. The fraction of sp³-hybridized carbons (Fsp3) is 0.118. The van der Waals surface area contributed by atoms with Gasteiger partial charge in [-0.25, -0.2) is 9.67 Å². The maximum absolute atomic E-state index is 13.0. The Morgan fingerprint density at radius 1 is 1.00 bits per heavy atom. The number of amides is 1. The van der Waals surface area contributed by atoms with E-state index in [-0.39, 0.29) is 17.2 Å². The molecule has 0 aliphatic heterocycles. The van der Waals surface area contributed by atoms with Gasteiger partial charge in [-0.15, -0.1) is 5.10 Å². The number of aromatic nitrogens is 3. The molecule has 1 heterocycles. The van der Waals surface area contributed by atoms with Crippen LogP contribution < -0.4 is 17.2 Å². The number of allylic oxidation sites excluding steroid dienone is 1. The van der Waals surface area contributed by atoms with Gasteiger partial charge in [0.15, 0.2) is 5.82 Å². The van der Waals surface area contributed by atoms with Gasteiger partial charge < -0.3 is 17.2 Å². The number of hydrogen-bond acceptors (Lipinski definition) is 5. The molecular formula is C17H14F6N6O. The van der Waals surface area contributed by atoms with E-state index in [4.69, 9.17) is 17.2 Å². The van der Waals surface area contributed by atoms with E-state index in [1.165, 1.54) is 6.08 Å². The van der Waals surface area contributed by atoms with Crippen LogP contribution in [-0.4, -0.2) is 20.7 Å². The highest BCUT2D eigenvalue weighted by Gasteiger charge is 2.37. The number of rotatable bonds is 5. The molecule has 2 aromatic rings. The maximum atomic E-state index is 13.0. The van der Waals surface area contributed by atoms with E-state index in [0.717, 1.165) is 29.6 Å². The smallest absolute Gasteiger partial charge is 0.405 e. The first kappa shape index (κ1) is 22.5. The maximum Gasteiger partial charge on any atom is 0.416 e. The number of alkyl halides is 6. The second-order valence-electron chi connectivity index (χ2n) is 5.73. The minimum absolute atomic E-state index is 0.0108. The summed E-state index contributed by atoms with van der Waals surface area (Å²) in [7, 11) is 0. The van der Waals surface area contributed by atoms with Crippen molar-refractivity contribution in [3.8, 4) is 11.4 Å². The summed E-state index contributed by atoms with van der Waals surface area (Å²) in [6.07, 6.45) is -4.71. The van der Waals surface area contributed by atoms with Gasteiger partial charge in [0.25, 0.3) is 5.91 Å². The van der Waals surface area contributed by atoms with Crippen molar-refractivity contribution in [1.82, 2.24) is 14.8 Å². The van der Waals surface area contributed by atoms with Crippen LogP contribution in [0.3, 0.4) is 0 Å². The summed E-state index contributed by atoms with van der Waals surface area (Å²) in [6.45, 7) is 0. The molecule has 1 amide bonds. The standard InChI is InChI=1S/C17H14F6N6O/c18-16(19,20)11-3-10(4-12(5-11)17(21,22)23)15-27-8-29(28-15)7-13(14(26)30)9(6-25)1-2-24/h1-8H,24-25H2,(H2,26,30)/b2-1-,9-6+,13-7-. The lowest BCUT2D eigenvalue weighted by Gasteiger charge is -2.13. The second kappa shape index (κ2) is 8.31. The Kier molecular flexibility index (Phi) is 6.23. The molecular weight excluding hydrogens is 418 g/mol. The van der Waals surface area contributed by atoms with Gasteiger partial charge >= 0.3 is 12.4 Å². The van der Waals surface area contributed by atoms with Crippen LogP contribution in [0.25, 0.3) is 17.6 Å². The highest BCUT2D eigenvalue weighted by atomic mass is 19.4. The number of carbonyl (C=O) groups excluding carboxylic acids is 1. The van der Waals surface area contributed by atoms with Crippen molar-refractivity contribution in [3.63, 3.8) is 0 Å². The van der Waals surface area contributed by atoms with Gasteiger partial charge in [0.05, 0.1) is 16.7 Å². The van der Waals surface area contributed by atoms with Crippen molar-refractivity contribution in [2.45, 2.75) is 12.4 Å². The quantitative estimate of drug-likeness (QED) is 0.381. The number of nitrogens with two attached hydrogens (primary N) is 3. The topological polar surface area (TPSA) is 126 Å². The summed E-state index contributed by atoms with van der Waals surface area (Å²) in [5.41, 5.74) is 12.2. The molecule has 160 valence electrons. The van der Waals surface area contributed by atoms with E-state index in [9.17, 15) is 31.1 Å². The molecule has 13 heteroatoms. The molecule has 0 saturated heterocycles. The Labute approximate surface area is 165 Å². The molecule has 0 atom stereocenters. The predicted octanol–water partition coefficient (Wildman–Crippen LogP) is 2.62. The number of benzene rings is 1. The van der Waals surface area contributed by atoms with Crippen molar-refractivity contribution >= 4 is 12.1 Å². The van der Waals surface area contributed by atoms with Crippen molar-refractivity contribution in [1.29, 1.82) is 0 Å². The first-order chi connectivity index (χ1) is 13.9. The van der Waals surface area contributed by atoms with E-state index in [2.05, 4.69) is 10.1 Å². The zero-order valence-electron chi connectivity index (χ0n) is 14.9. The summed E-state index contributed by atoms with van der Waals surface area (Å²) in [5.74, 6) is -1.39. The van der Waals surface area contributed by atoms with Gasteiger partial charge in [-0.05, 0) is 30.5 Å². The van der Waals surface area contributed by atoms with Gasteiger partial charge in [-0.2, -0.15) is 26.3 Å². The van der Waals surface area contributed by atoms with Gasteiger partial charge in [0.1, 0.15) is 6.33 Å². The molecule has 30 heavy (non-hydrogen) atoms. The van der Waals surface area contributed by atoms with E-state index in [1.807, 2.05) is 0 Å². The molecule has 1 aromatic carbocycles. The Morgan fingerprint density at radius 2 is 1.57 bits per heavy atom. The Bertz CT molecular complexity index is 1000. The average molecular weight is 432 g/mol. The van der Waals surface area contributed by atoms with E-state index >= 15 is 0 Å². The van der Waals surface area contributed by atoms with Crippen LogP contribution in [0.4, 0.5) is 26.3 Å².